The van der Waals surface area contributed by atoms with Gasteiger partial charge in [0.1, 0.15) is 4.90 Å². The Balaban J connectivity index is 2.33. The Labute approximate surface area is 117 Å². The van der Waals surface area contributed by atoms with E-state index in [-0.39, 0.29) is 10.6 Å². The lowest BCUT2D eigenvalue weighted by Crippen LogP contribution is -2.14. The fraction of sp³-hybridized carbons (Fsp3) is 0.250. The molecule has 0 spiro atoms. The summed E-state index contributed by atoms with van der Waals surface area (Å²) >= 11 is 0. The minimum Gasteiger partial charge on any atom is -0.398 e. The van der Waals surface area contributed by atoms with Crippen molar-refractivity contribution in [2.75, 3.05) is 11.1 Å². The largest absolute Gasteiger partial charge is 0.398 e. The summed E-state index contributed by atoms with van der Waals surface area (Å²) in [5, 5.41) is 12.5. The molecule has 2 aromatic rings. The summed E-state index contributed by atoms with van der Waals surface area (Å²) in [6, 6.07) is 4.53. The Bertz CT molecular complexity index is 736. The number of primary sulfonamides is 1. The first kappa shape index (κ1) is 14.4. The van der Waals surface area contributed by atoms with Gasteiger partial charge in [-0.05, 0) is 24.6 Å². The topological polar surface area (TPSA) is 116 Å². The van der Waals surface area contributed by atoms with Gasteiger partial charge in [0.2, 0.25) is 10.0 Å². The maximum absolute atomic E-state index is 11.3. The Morgan fingerprint density at radius 3 is 2.65 bits per heavy atom. The maximum Gasteiger partial charge on any atom is 0.240 e. The van der Waals surface area contributed by atoms with Crippen molar-refractivity contribution < 1.29 is 8.42 Å². The number of aryl methyl sites for hydroxylation is 2. The van der Waals surface area contributed by atoms with Gasteiger partial charge in [-0.25, -0.2) is 13.6 Å². The van der Waals surface area contributed by atoms with Gasteiger partial charge in [-0.3, -0.25) is 4.68 Å². The zero-order valence-corrected chi connectivity index (χ0v) is 12.1. The number of hydrogen-bond acceptors (Lipinski definition) is 5. The van der Waals surface area contributed by atoms with Crippen LogP contribution in [0.25, 0.3) is 0 Å². The molecule has 0 atom stereocenters. The Kier molecular flexibility index (Phi) is 3.69. The van der Waals surface area contributed by atoms with Crippen LogP contribution in [0.15, 0.2) is 29.3 Å². The molecule has 0 bridgehead atoms. The van der Waals surface area contributed by atoms with Crippen molar-refractivity contribution in [3.63, 3.8) is 0 Å². The number of nitrogen functional groups attached to an aromatic ring is 1. The van der Waals surface area contributed by atoms with E-state index >= 15 is 0 Å². The van der Waals surface area contributed by atoms with Gasteiger partial charge in [0.05, 0.1) is 17.1 Å². The van der Waals surface area contributed by atoms with Crippen LogP contribution in [0.5, 0.6) is 0 Å². The molecule has 0 aliphatic rings. The molecule has 0 saturated heterocycles. The number of anilines is 3. The summed E-state index contributed by atoms with van der Waals surface area (Å²) in [4.78, 5) is -0.0787. The van der Waals surface area contributed by atoms with Crippen LogP contribution in [0.1, 0.15) is 12.6 Å². The van der Waals surface area contributed by atoms with E-state index < -0.39 is 10.0 Å². The summed E-state index contributed by atoms with van der Waals surface area (Å²) in [6.45, 7) is 2.01. The minimum atomic E-state index is -3.80. The van der Waals surface area contributed by atoms with Gasteiger partial charge in [-0.15, -0.1) is 0 Å². The number of benzene rings is 1. The van der Waals surface area contributed by atoms with E-state index in [1.165, 1.54) is 12.1 Å². The normalized spacial score (nSPS) is 11.6. The Hall–Kier alpha value is -2.06. The van der Waals surface area contributed by atoms with Crippen molar-refractivity contribution in [2.24, 2.45) is 12.2 Å². The van der Waals surface area contributed by atoms with Gasteiger partial charge >= 0.3 is 0 Å². The van der Waals surface area contributed by atoms with E-state index in [2.05, 4.69) is 10.4 Å². The predicted octanol–water partition coefficient (Wildman–Crippen LogP) is 0.956. The van der Waals surface area contributed by atoms with E-state index in [9.17, 15) is 8.42 Å². The molecule has 8 heteroatoms. The number of nitrogens with zero attached hydrogens (tertiary/aromatic N) is 2. The first-order valence-electron chi connectivity index (χ1n) is 6.03. The fourth-order valence-electron chi connectivity index (χ4n) is 1.94. The summed E-state index contributed by atoms with van der Waals surface area (Å²) in [6.07, 6.45) is 2.64. The highest BCUT2D eigenvalue weighted by atomic mass is 32.2. The van der Waals surface area contributed by atoms with Crippen LogP contribution in [0, 0.1) is 0 Å². The molecular weight excluding hydrogens is 278 g/mol. The number of hydrogen-bond donors (Lipinski definition) is 3. The molecule has 5 N–H and O–H groups in total. The molecule has 0 saturated carbocycles. The summed E-state index contributed by atoms with van der Waals surface area (Å²) in [7, 11) is -1.96. The maximum atomic E-state index is 11.3. The van der Waals surface area contributed by atoms with Crippen LogP contribution >= 0.6 is 0 Å². The van der Waals surface area contributed by atoms with Gasteiger partial charge in [-0.2, -0.15) is 5.10 Å². The van der Waals surface area contributed by atoms with Crippen LogP contribution in [0.4, 0.5) is 17.1 Å². The Morgan fingerprint density at radius 2 is 2.10 bits per heavy atom. The molecule has 0 amide bonds. The summed E-state index contributed by atoms with van der Waals surface area (Å²) < 4.78 is 24.3. The number of rotatable bonds is 4. The lowest BCUT2D eigenvalue weighted by Gasteiger charge is -2.09. The lowest BCUT2D eigenvalue weighted by molar-refractivity contribution is 0.598. The first-order chi connectivity index (χ1) is 9.31. The van der Waals surface area contributed by atoms with Crippen LogP contribution < -0.4 is 16.2 Å². The predicted molar refractivity (Wildman–Crippen MR) is 78.1 cm³/mol. The molecule has 0 aliphatic carbocycles. The molecule has 108 valence electrons. The van der Waals surface area contributed by atoms with Crippen molar-refractivity contribution in [3.05, 3.63) is 30.1 Å². The van der Waals surface area contributed by atoms with E-state index in [1.807, 2.05) is 20.2 Å². The Morgan fingerprint density at radius 1 is 1.40 bits per heavy atom. The second kappa shape index (κ2) is 5.14. The zero-order chi connectivity index (χ0) is 14.9. The average molecular weight is 295 g/mol. The summed E-state index contributed by atoms with van der Waals surface area (Å²) in [5.74, 6) is 0. The highest BCUT2D eigenvalue weighted by Gasteiger charge is 2.13. The highest BCUT2D eigenvalue weighted by molar-refractivity contribution is 7.89. The molecule has 2 rings (SSSR count). The van der Waals surface area contributed by atoms with Crippen molar-refractivity contribution in [3.8, 4) is 0 Å². The fourth-order valence-corrected chi connectivity index (χ4v) is 2.59. The van der Waals surface area contributed by atoms with E-state index in [1.54, 1.807) is 10.7 Å². The summed E-state index contributed by atoms with van der Waals surface area (Å²) in [5.41, 5.74) is 8.28. The number of aromatic nitrogens is 2. The number of sulfonamides is 1. The van der Waals surface area contributed by atoms with Gasteiger partial charge in [0.15, 0.2) is 0 Å². The quantitative estimate of drug-likeness (QED) is 0.726. The molecule has 1 aromatic heterocycles. The molecule has 20 heavy (non-hydrogen) atoms. The second-order valence-corrected chi connectivity index (χ2v) is 5.97. The molecule has 0 unspecified atom stereocenters. The van der Waals surface area contributed by atoms with E-state index in [4.69, 9.17) is 10.9 Å². The molecule has 0 aliphatic heterocycles. The van der Waals surface area contributed by atoms with Crippen molar-refractivity contribution in [1.29, 1.82) is 0 Å². The van der Waals surface area contributed by atoms with Crippen molar-refractivity contribution in [1.82, 2.24) is 9.78 Å². The lowest BCUT2D eigenvalue weighted by atomic mass is 10.2. The molecule has 1 heterocycles. The highest BCUT2D eigenvalue weighted by Crippen LogP contribution is 2.25. The van der Waals surface area contributed by atoms with Gasteiger partial charge in [0, 0.05) is 18.9 Å². The molecule has 7 nitrogen and oxygen atoms in total. The van der Waals surface area contributed by atoms with Crippen LogP contribution in [-0.2, 0) is 23.5 Å². The van der Waals surface area contributed by atoms with Gasteiger partial charge in [0.25, 0.3) is 0 Å². The van der Waals surface area contributed by atoms with Crippen LogP contribution in [0.3, 0.4) is 0 Å². The van der Waals surface area contributed by atoms with Gasteiger partial charge in [-0.1, -0.05) is 6.92 Å². The zero-order valence-electron chi connectivity index (χ0n) is 11.3. The third kappa shape index (κ3) is 2.91. The molecule has 0 fully saturated rings. The number of nitrogens with two attached hydrogens (primary N) is 2. The monoisotopic (exact) mass is 295 g/mol. The second-order valence-electron chi connectivity index (χ2n) is 4.44. The smallest absolute Gasteiger partial charge is 0.240 e. The van der Waals surface area contributed by atoms with Crippen molar-refractivity contribution >= 4 is 27.1 Å². The van der Waals surface area contributed by atoms with E-state index in [0.29, 0.717) is 5.69 Å². The van der Waals surface area contributed by atoms with E-state index in [0.717, 1.165) is 17.8 Å². The minimum absolute atomic E-state index is 0.0787. The third-order valence-corrected chi connectivity index (χ3v) is 3.82. The molecule has 0 radical (unpaired) electrons. The average Bonchev–Trinajstić information content (AvgIpc) is 2.67. The third-order valence-electron chi connectivity index (χ3n) is 2.84. The number of nitrogens with one attached hydrogen (secondary N) is 1. The standard InChI is InChI=1S/C12H17N5O2S/c1-3-10-11(7-17(2)16-10)15-8-4-5-12(9(13)6-8)20(14,18)19/h4-7,15H,3,13H2,1-2H3,(H2,14,18,19). The van der Waals surface area contributed by atoms with Crippen LogP contribution in [0.2, 0.25) is 0 Å². The molecular formula is C12H17N5O2S. The van der Waals surface area contributed by atoms with Crippen molar-refractivity contribution in [2.45, 2.75) is 18.2 Å². The first-order valence-corrected chi connectivity index (χ1v) is 7.57. The SMILES string of the molecule is CCc1nn(C)cc1Nc1ccc(S(N)(=O)=O)c(N)c1. The van der Waals surface area contributed by atoms with Gasteiger partial charge < -0.3 is 11.1 Å². The van der Waals surface area contributed by atoms with Crippen LogP contribution in [-0.4, -0.2) is 18.2 Å². The molecule has 1 aromatic carbocycles.